The average Bonchev–Trinajstić information content (AvgIpc) is 2.86. The molecule has 1 aliphatic rings. The van der Waals surface area contributed by atoms with Crippen LogP contribution < -0.4 is 16.4 Å². The number of carbonyl (C=O) groups excluding carboxylic acids is 3. The lowest BCUT2D eigenvalue weighted by atomic mass is 9.96. The highest BCUT2D eigenvalue weighted by molar-refractivity contribution is 6.00. The van der Waals surface area contributed by atoms with Crippen LogP contribution in [0.1, 0.15) is 55.1 Å². The predicted molar refractivity (Wildman–Crippen MR) is 84.1 cm³/mol. The fraction of sp³-hybridized carbons (Fsp3) is 0.600. The molecule has 9 nitrogen and oxygen atoms in total. The van der Waals surface area contributed by atoms with E-state index in [2.05, 4.69) is 20.3 Å². The summed E-state index contributed by atoms with van der Waals surface area (Å²) in [6, 6.07) is -0.515. The van der Waals surface area contributed by atoms with Gasteiger partial charge in [0.2, 0.25) is 5.88 Å². The number of aryl methyl sites for hydroxylation is 1. The van der Waals surface area contributed by atoms with Gasteiger partial charge in [-0.3, -0.25) is 10.1 Å². The molecule has 1 fully saturated rings. The van der Waals surface area contributed by atoms with E-state index in [-0.39, 0.29) is 23.2 Å². The van der Waals surface area contributed by atoms with E-state index in [4.69, 9.17) is 10.5 Å². The molecule has 0 spiro atoms. The first-order valence-corrected chi connectivity index (χ1v) is 7.92. The van der Waals surface area contributed by atoms with E-state index in [1.54, 1.807) is 0 Å². The van der Waals surface area contributed by atoms with Gasteiger partial charge >= 0.3 is 12.0 Å². The van der Waals surface area contributed by atoms with Crippen LogP contribution in [0.2, 0.25) is 0 Å². The van der Waals surface area contributed by atoms with E-state index >= 15 is 0 Å². The number of nitrogens with zero attached hydrogens (tertiary/aromatic N) is 1. The molecule has 0 bridgehead atoms. The van der Waals surface area contributed by atoms with Crippen LogP contribution in [0.25, 0.3) is 0 Å². The van der Waals surface area contributed by atoms with Gasteiger partial charge in [-0.15, -0.1) is 0 Å². The van der Waals surface area contributed by atoms with Crippen LogP contribution in [0.5, 0.6) is 0 Å². The highest BCUT2D eigenvalue weighted by Crippen LogP contribution is 2.18. The van der Waals surface area contributed by atoms with Crippen LogP contribution in [-0.2, 0) is 9.53 Å². The fourth-order valence-electron chi connectivity index (χ4n) is 2.59. The molecular weight excluding hydrogens is 316 g/mol. The number of urea groups is 1. The van der Waals surface area contributed by atoms with Gasteiger partial charge in [-0.1, -0.05) is 24.4 Å². The molecule has 0 radical (unpaired) electrons. The largest absolute Gasteiger partial charge is 0.449 e. The number of nitrogens with one attached hydrogen (secondary N) is 2. The van der Waals surface area contributed by atoms with Crippen LogP contribution >= 0.6 is 0 Å². The molecule has 1 aromatic heterocycles. The van der Waals surface area contributed by atoms with Gasteiger partial charge in [0.25, 0.3) is 5.91 Å². The van der Waals surface area contributed by atoms with Gasteiger partial charge < -0.3 is 20.3 Å². The Kier molecular flexibility index (Phi) is 5.78. The highest BCUT2D eigenvalue weighted by Gasteiger charge is 2.26. The molecule has 9 heteroatoms. The number of amides is 3. The van der Waals surface area contributed by atoms with Crippen molar-refractivity contribution in [2.24, 2.45) is 0 Å². The number of anilines is 1. The number of nitrogens with two attached hydrogens (primary N) is 1. The Morgan fingerprint density at radius 3 is 2.54 bits per heavy atom. The van der Waals surface area contributed by atoms with Crippen molar-refractivity contribution in [3.63, 3.8) is 0 Å². The third kappa shape index (κ3) is 4.46. The summed E-state index contributed by atoms with van der Waals surface area (Å²) in [6.45, 7) is 2.89. The maximum absolute atomic E-state index is 12.0. The Labute approximate surface area is 139 Å². The molecule has 0 aliphatic heterocycles. The Morgan fingerprint density at radius 1 is 1.29 bits per heavy atom. The van der Waals surface area contributed by atoms with Gasteiger partial charge in [-0.05, 0) is 26.7 Å². The van der Waals surface area contributed by atoms with Crippen LogP contribution in [-0.4, -0.2) is 35.2 Å². The lowest BCUT2D eigenvalue weighted by Gasteiger charge is -2.23. The molecule has 0 aromatic carbocycles. The molecule has 0 unspecified atom stereocenters. The van der Waals surface area contributed by atoms with Crippen molar-refractivity contribution in [2.45, 2.75) is 58.1 Å². The first-order valence-electron chi connectivity index (χ1n) is 7.92. The van der Waals surface area contributed by atoms with E-state index in [0.29, 0.717) is 0 Å². The van der Waals surface area contributed by atoms with Crippen molar-refractivity contribution in [3.05, 3.63) is 11.3 Å². The van der Waals surface area contributed by atoms with E-state index in [9.17, 15) is 14.4 Å². The van der Waals surface area contributed by atoms with Gasteiger partial charge in [0, 0.05) is 6.04 Å². The molecule has 2 rings (SSSR count). The zero-order valence-electron chi connectivity index (χ0n) is 13.8. The molecule has 1 heterocycles. The first-order chi connectivity index (χ1) is 11.4. The summed E-state index contributed by atoms with van der Waals surface area (Å²) in [5.74, 6) is -1.73. The predicted octanol–water partition coefficient (Wildman–Crippen LogP) is 1.27. The maximum Gasteiger partial charge on any atom is 0.346 e. The monoisotopic (exact) mass is 338 g/mol. The summed E-state index contributed by atoms with van der Waals surface area (Å²) >= 11 is 0. The number of nitrogen functional groups attached to an aromatic ring is 1. The van der Waals surface area contributed by atoms with Crippen LogP contribution in [0.4, 0.5) is 10.7 Å². The second-order valence-electron chi connectivity index (χ2n) is 5.85. The molecule has 1 atom stereocenters. The molecule has 1 saturated carbocycles. The van der Waals surface area contributed by atoms with E-state index in [0.717, 1.165) is 32.1 Å². The molecule has 1 aliphatic carbocycles. The van der Waals surface area contributed by atoms with Gasteiger partial charge in [0.15, 0.2) is 6.10 Å². The molecule has 1 aromatic rings. The number of ether oxygens (including phenoxy) is 1. The quantitative estimate of drug-likeness (QED) is 0.703. The zero-order chi connectivity index (χ0) is 17.7. The van der Waals surface area contributed by atoms with Crippen LogP contribution in [0.3, 0.4) is 0 Å². The minimum Gasteiger partial charge on any atom is -0.449 e. The molecule has 0 saturated heterocycles. The second-order valence-corrected chi connectivity index (χ2v) is 5.85. The summed E-state index contributed by atoms with van der Waals surface area (Å²) in [4.78, 5) is 35.8. The second kappa shape index (κ2) is 7.80. The summed E-state index contributed by atoms with van der Waals surface area (Å²) in [5.41, 5.74) is 5.72. The van der Waals surface area contributed by atoms with Gasteiger partial charge in [0.1, 0.15) is 5.56 Å². The number of hydrogen-bond acceptors (Lipinski definition) is 7. The number of esters is 1. The molecule has 3 amide bonds. The number of carbonyl (C=O) groups is 3. The minimum absolute atomic E-state index is 0.0266. The van der Waals surface area contributed by atoms with Crippen molar-refractivity contribution in [2.75, 3.05) is 5.73 Å². The van der Waals surface area contributed by atoms with Crippen molar-refractivity contribution < 1.29 is 23.6 Å². The third-order valence-electron chi connectivity index (χ3n) is 3.92. The van der Waals surface area contributed by atoms with Crippen molar-refractivity contribution >= 4 is 23.8 Å². The summed E-state index contributed by atoms with van der Waals surface area (Å²) < 4.78 is 9.67. The number of imide groups is 1. The Morgan fingerprint density at radius 2 is 1.96 bits per heavy atom. The van der Waals surface area contributed by atoms with Gasteiger partial charge in [-0.25, -0.2) is 9.59 Å². The lowest BCUT2D eigenvalue weighted by Crippen LogP contribution is -2.48. The van der Waals surface area contributed by atoms with E-state index in [1.807, 2.05) is 0 Å². The topological polar surface area (TPSA) is 137 Å². The highest BCUT2D eigenvalue weighted by atomic mass is 16.5. The van der Waals surface area contributed by atoms with Gasteiger partial charge in [0.05, 0.1) is 5.69 Å². The maximum atomic E-state index is 12.0. The standard InChI is InChI=1S/C15H22N4O5/c1-8-11(12(16)24-19-8)14(21)23-9(2)13(20)18-15(22)17-10-6-4-3-5-7-10/h9-10H,3-7,16H2,1-2H3,(H2,17,18,20,22)/t9-/m1/s1. The average molecular weight is 338 g/mol. The normalized spacial score (nSPS) is 16.2. The molecule has 132 valence electrons. The lowest BCUT2D eigenvalue weighted by molar-refractivity contribution is -0.127. The first kappa shape index (κ1) is 17.8. The van der Waals surface area contributed by atoms with E-state index < -0.39 is 24.0 Å². The van der Waals surface area contributed by atoms with Crippen molar-refractivity contribution in [3.8, 4) is 0 Å². The van der Waals surface area contributed by atoms with E-state index in [1.165, 1.54) is 13.8 Å². The Hall–Kier alpha value is -2.58. The van der Waals surface area contributed by atoms with Crippen molar-refractivity contribution in [1.82, 2.24) is 15.8 Å². The third-order valence-corrected chi connectivity index (χ3v) is 3.92. The minimum atomic E-state index is -1.16. The fourth-order valence-corrected chi connectivity index (χ4v) is 2.59. The van der Waals surface area contributed by atoms with Gasteiger partial charge in [-0.2, -0.15) is 0 Å². The SMILES string of the molecule is Cc1noc(N)c1C(=O)O[C@H](C)C(=O)NC(=O)NC1CCCCC1. The van der Waals surface area contributed by atoms with Crippen LogP contribution in [0.15, 0.2) is 4.52 Å². The summed E-state index contributed by atoms with van der Waals surface area (Å²) in [6.07, 6.45) is 3.93. The molecular formula is C15H22N4O5. The molecule has 4 N–H and O–H groups in total. The molecule has 24 heavy (non-hydrogen) atoms. The van der Waals surface area contributed by atoms with Crippen LogP contribution in [0, 0.1) is 6.92 Å². The number of aromatic nitrogens is 1. The smallest absolute Gasteiger partial charge is 0.346 e. The number of hydrogen-bond donors (Lipinski definition) is 3. The summed E-state index contributed by atoms with van der Waals surface area (Å²) in [5, 5.41) is 8.46. The zero-order valence-corrected chi connectivity index (χ0v) is 13.8. The Balaban J connectivity index is 1.83. The van der Waals surface area contributed by atoms with Crippen molar-refractivity contribution in [1.29, 1.82) is 0 Å². The summed E-state index contributed by atoms with van der Waals surface area (Å²) in [7, 11) is 0. The number of rotatable bonds is 4. The Bertz CT molecular complexity index is 602.